The summed E-state index contributed by atoms with van der Waals surface area (Å²) in [5.41, 5.74) is 1.16. The van der Waals surface area contributed by atoms with E-state index in [0.717, 1.165) is 0 Å². The number of hydrogen-bond donors (Lipinski definition) is 2. The number of aromatic nitrogens is 4. The van der Waals surface area contributed by atoms with Crippen LogP contribution in [-0.4, -0.2) is 25.0 Å². The fourth-order valence-corrected chi connectivity index (χ4v) is 1.69. The zero-order chi connectivity index (χ0) is 14.7. The molecule has 0 unspecified atom stereocenters. The second kappa shape index (κ2) is 5.49. The number of nitrogens with zero attached hydrogens (tertiary/aromatic N) is 4. The van der Waals surface area contributed by atoms with Crippen molar-refractivity contribution in [2.75, 3.05) is 5.32 Å². The normalized spacial score (nSPS) is 10.3. The molecule has 0 radical (unpaired) electrons. The van der Waals surface area contributed by atoms with Crippen LogP contribution < -0.4 is 5.32 Å². The summed E-state index contributed by atoms with van der Waals surface area (Å²) in [7, 11) is 0. The van der Waals surface area contributed by atoms with Gasteiger partial charge in [-0.05, 0) is 24.3 Å². The number of aromatic hydroxyl groups is 1. The van der Waals surface area contributed by atoms with Gasteiger partial charge in [-0.25, -0.2) is 19.3 Å². The van der Waals surface area contributed by atoms with E-state index in [-0.39, 0.29) is 11.7 Å². The molecule has 0 saturated carbocycles. The standard InChI is InChI=1S/C14H10FN5O/c15-9-3-5-16-13(7-9)20-14-17-6-4-12(19-14)11-2-1-10(21)8-18-11/h1-8,21H,(H,16,17,19,20). The van der Waals surface area contributed by atoms with Gasteiger partial charge in [-0.1, -0.05) is 0 Å². The van der Waals surface area contributed by atoms with Crippen LogP contribution in [0.3, 0.4) is 0 Å². The minimum atomic E-state index is -0.399. The molecule has 3 aromatic rings. The SMILES string of the molecule is Oc1ccc(-c2ccnc(Nc3cc(F)ccn3)n2)nc1. The Morgan fingerprint density at radius 1 is 0.952 bits per heavy atom. The zero-order valence-corrected chi connectivity index (χ0v) is 10.7. The Hall–Kier alpha value is -3.09. The summed E-state index contributed by atoms with van der Waals surface area (Å²) in [5, 5.41) is 12.0. The third-order valence-electron chi connectivity index (χ3n) is 2.63. The Balaban J connectivity index is 1.88. The predicted molar refractivity (Wildman–Crippen MR) is 74.4 cm³/mol. The minimum Gasteiger partial charge on any atom is -0.506 e. The second-order valence-corrected chi connectivity index (χ2v) is 4.15. The average Bonchev–Trinajstić information content (AvgIpc) is 2.48. The van der Waals surface area contributed by atoms with Gasteiger partial charge in [0.25, 0.3) is 0 Å². The van der Waals surface area contributed by atoms with E-state index in [2.05, 4.69) is 25.3 Å². The first-order chi connectivity index (χ1) is 10.2. The van der Waals surface area contributed by atoms with Gasteiger partial charge in [0.05, 0.1) is 17.6 Å². The maximum atomic E-state index is 13.1. The minimum absolute atomic E-state index is 0.0788. The molecular weight excluding hydrogens is 273 g/mol. The van der Waals surface area contributed by atoms with Gasteiger partial charge in [0.15, 0.2) is 0 Å². The van der Waals surface area contributed by atoms with E-state index in [9.17, 15) is 9.50 Å². The number of halogens is 1. The smallest absolute Gasteiger partial charge is 0.228 e. The number of pyridine rings is 2. The van der Waals surface area contributed by atoms with Crippen molar-refractivity contribution in [1.82, 2.24) is 19.9 Å². The molecule has 0 fully saturated rings. The summed E-state index contributed by atoms with van der Waals surface area (Å²) >= 11 is 0. The molecule has 3 rings (SSSR count). The van der Waals surface area contributed by atoms with Crippen LogP contribution in [0.5, 0.6) is 5.75 Å². The molecule has 21 heavy (non-hydrogen) atoms. The van der Waals surface area contributed by atoms with E-state index in [1.807, 2.05) is 0 Å². The Morgan fingerprint density at radius 2 is 1.81 bits per heavy atom. The highest BCUT2D eigenvalue weighted by atomic mass is 19.1. The molecular formula is C14H10FN5O. The Labute approximate surface area is 119 Å². The summed E-state index contributed by atoms with van der Waals surface area (Å²) in [6, 6.07) is 7.34. The lowest BCUT2D eigenvalue weighted by atomic mass is 10.2. The number of hydrogen-bond acceptors (Lipinski definition) is 6. The van der Waals surface area contributed by atoms with Gasteiger partial charge < -0.3 is 10.4 Å². The maximum absolute atomic E-state index is 13.1. The molecule has 0 aromatic carbocycles. The van der Waals surface area contributed by atoms with Gasteiger partial charge in [0.1, 0.15) is 17.4 Å². The summed E-state index contributed by atoms with van der Waals surface area (Å²) in [6.07, 6.45) is 4.24. The van der Waals surface area contributed by atoms with Gasteiger partial charge in [-0.15, -0.1) is 0 Å². The largest absolute Gasteiger partial charge is 0.506 e. The van der Waals surface area contributed by atoms with E-state index in [1.54, 1.807) is 18.3 Å². The Bertz CT molecular complexity index is 763. The maximum Gasteiger partial charge on any atom is 0.228 e. The molecule has 6 nitrogen and oxygen atoms in total. The van der Waals surface area contributed by atoms with Crippen molar-refractivity contribution in [3.63, 3.8) is 0 Å². The van der Waals surface area contributed by atoms with Crippen LogP contribution in [0.4, 0.5) is 16.2 Å². The third-order valence-corrected chi connectivity index (χ3v) is 2.63. The first-order valence-electron chi connectivity index (χ1n) is 6.08. The molecule has 3 heterocycles. The second-order valence-electron chi connectivity index (χ2n) is 4.15. The number of nitrogens with one attached hydrogen (secondary N) is 1. The zero-order valence-electron chi connectivity index (χ0n) is 10.7. The van der Waals surface area contributed by atoms with E-state index >= 15 is 0 Å². The Morgan fingerprint density at radius 3 is 2.57 bits per heavy atom. The van der Waals surface area contributed by atoms with E-state index in [1.165, 1.54) is 30.6 Å². The lowest BCUT2D eigenvalue weighted by Crippen LogP contribution is -2.00. The van der Waals surface area contributed by atoms with E-state index in [4.69, 9.17) is 0 Å². The van der Waals surface area contributed by atoms with E-state index in [0.29, 0.717) is 17.2 Å². The molecule has 7 heteroatoms. The van der Waals surface area contributed by atoms with Gasteiger partial charge in [0.2, 0.25) is 5.95 Å². The van der Waals surface area contributed by atoms with Crippen molar-refractivity contribution in [2.45, 2.75) is 0 Å². The average molecular weight is 283 g/mol. The summed E-state index contributed by atoms with van der Waals surface area (Å²) < 4.78 is 13.1. The molecule has 0 amide bonds. The van der Waals surface area contributed by atoms with Crippen LogP contribution in [0.1, 0.15) is 0 Å². The monoisotopic (exact) mass is 283 g/mol. The molecule has 0 aliphatic heterocycles. The highest BCUT2D eigenvalue weighted by molar-refractivity contribution is 5.57. The highest BCUT2D eigenvalue weighted by Gasteiger charge is 2.05. The number of anilines is 2. The van der Waals surface area contributed by atoms with Crippen LogP contribution in [0.2, 0.25) is 0 Å². The van der Waals surface area contributed by atoms with Crippen molar-refractivity contribution in [3.05, 3.63) is 54.7 Å². The molecule has 0 saturated heterocycles. The molecule has 2 N–H and O–H groups in total. The Kier molecular flexibility index (Phi) is 3.38. The molecule has 0 aliphatic rings. The number of rotatable bonds is 3. The van der Waals surface area contributed by atoms with Crippen molar-refractivity contribution < 1.29 is 9.50 Å². The van der Waals surface area contributed by atoms with Gasteiger partial charge in [-0.3, -0.25) is 4.98 Å². The molecule has 0 aliphatic carbocycles. The fraction of sp³-hybridized carbons (Fsp3) is 0. The van der Waals surface area contributed by atoms with Gasteiger partial charge in [0, 0.05) is 18.5 Å². The quantitative estimate of drug-likeness (QED) is 0.768. The molecule has 0 atom stereocenters. The van der Waals surface area contributed by atoms with Crippen LogP contribution in [0, 0.1) is 5.82 Å². The van der Waals surface area contributed by atoms with Crippen LogP contribution in [0.25, 0.3) is 11.4 Å². The molecule has 0 bridgehead atoms. The fourth-order valence-electron chi connectivity index (χ4n) is 1.69. The lowest BCUT2D eigenvalue weighted by Gasteiger charge is -2.05. The van der Waals surface area contributed by atoms with Crippen LogP contribution >= 0.6 is 0 Å². The van der Waals surface area contributed by atoms with Crippen LogP contribution in [-0.2, 0) is 0 Å². The van der Waals surface area contributed by atoms with Crippen molar-refractivity contribution in [1.29, 1.82) is 0 Å². The molecule has 0 spiro atoms. The first-order valence-corrected chi connectivity index (χ1v) is 6.08. The van der Waals surface area contributed by atoms with Crippen molar-refractivity contribution in [2.24, 2.45) is 0 Å². The third kappa shape index (κ3) is 3.08. The summed E-state index contributed by atoms with van der Waals surface area (Å²) in [5.74, 6) is 0.269. The highest BCUT2D eigenvalue weighted by Crippen LogP contribution is 2.18. The summed E-state index contributed by atoms with van der Waals surface area (Å²) in [6.45, 7) is 0. The lowest BCUT2D eigenvalue weighted by molar-refractivity contribution is 0.473. The van der Waals surface area contributed by atoms with Crippen LogP contribution in [0.15, 0.2) is 48.9 Å². The van der Waals surface area contributed by atoms with Gasteiger partial charge >= 0.3 is 0 Å². The summed E-state index contributed by atoms with van der Waals surface area (Å²) in [4.78, 5) is 16.4. The topological polar surface area (TPSA) is 83.8 Å². The first kappa shape index (κ1) is 12.9. The van der Waals surface area contributed by atoms with E-state index < -0.39 is 5.82 Å². The molecule has 104 valence electrons. The van der Waals surface area contributed by atoms with Gasteiger partial charge in [-0.2, -0.15) is 0 Å². The van der Waals surface area contributed by atoms with Crippen molar-refractivity contribution in [3.8, 4) is 17.1 Å². The molecule has 3 aromatic heterocycles. The predicted octanol–water partition coefficient (Wildman–Crippen LogP) is 2.52. The van der Waals surface area contributed by atoms with Crippen molar-refractivity contribution >= 4 is 11.8 Å².